The van der Waals surface area contributed by atoms with Crippen molar-refractivity contribution in [1.29, 1.82) is 0 Å². The number of rotatable bonds is 15. The van der Waals surface area contributed by atoms with Gasteiger partial charge in [-0.3, -0.25) is 0 Å². The van der Waals surface area contributed by atoms with Gasteiger partial charge in [-0.2, -0.15) is 8.61 Å². The molecule has 0 heterocycles. The van der Waals surface area contributed by atoms with Crippen LogP contribution in [0.1, 0.15) is 23.1 Å². The summed E-state index contributed by atoms with van der Waals surface area (Å²) in [4.78, 5) is 0.114. The molecule has 0 radical (unpaired) electrons. The standard InChI is InChI=1S/C28H37N3O7S3/c1-23-5-11-26(12-6-23)39(33,34)29-17-19-31(41(37,38)28-15-9-25(3)10-16-28)21-20-30(18-4-22-32)40(35,36)27-13-7-24(2)8-14-27/h5-16,29,32H,4,17-22H2,1-3H3. The summed E-state index contributed by atoms with van der Waals surface area (Å²) in [6.07, 6.45) is 0.159. The number of hydrogen-bond donors (Lipinski definition) is 2. The predicted octanol–water partition coefficient (Wildman–Crippen LogP) is 2.65. The van der Waals surface area contributed by atoms with Gasteiger partial charge in [-0.1, -0.05) is 53.1 Å². The third-order valence-electron chi connectivity index (χ3n) is 6.47. The molecule has 0 amide bonds. The van der Waals surface area contributed by atoms with Crippen molar-refractivity contribution in [3.05, 3.63) is 89.5 Å². The van der Waals surface area contributed by atoms with Gasteiger partial charge in [0.25, 0.3) is 0 Å². The number of aliphatic hydroxyl groups is 1. The zero-order valence-electron chi connectivity index (χ0n) is 23.4. The van der Waals surface area contributed by atoms with Crippen molar-refractivity contribution in [1.82, 2.24) is 13.3 Å². The van der Waals surface area contributed by atoms with Crippen LogP contribution in [0, 0.1) is 20.8 Å². The Morgan fingerprint density at radius 1 is 0.561 bits per heavy atom. The van der Waals surface area contributed by atoms with Crippen LogP contribution >= 0.6 is 0 Å². The first-order valence-electron chi connectivity index (χ1n) is 13.1. The number of nitrogens with one attached hydrogen (secondary N) is 1. The van der Waals surface area contributed by atoms with Crippen LogP contribution in [0.2, 0.25) is 0 Å². The molecule has 0 saturated carbocycles. The van der Waals surface area contributed by atoms with E-state index in [1.54, 1.807) is 36.4 Å². The molecule has 0 spiro atoms. The van der Waals surface area contributed by atoms with Crippen molar-refractivity contribution < 1.29 is 30.4 Å². The lowest BCUT2D eigenvalue weighted by atomic mass is 10.2. The van der Waals surface area contributed by atoms with Crippen molar-refractivity contribution >= 4 is 30.1 Å². The van der Waals surface area contributed by atoms with Gasteiger partial charge in [-0.05, 0) is 63.6 Å². The molecule has 0 fully saturated rings. The highest BCUT2D eigenvalue weighted by Gasteiger charge is 2.29. The lowest BCUT2D eigenvalue weighted by Gasteiger charge is -2.27. The Bertz CT molecular complexity index is 1610. The highest BCUT2D eigenvalue weighted by Crippen LogP contribution is 2.20. The molecule has 0 unspecified atom stereocenters. The van der Waals surface area contributed by atoms with Crippen molar-refractivity contribution in [3.63, 3.8) is 0 Å². The van der Waals surface area contributed by atoms with Gasteiger partial charge >= 0.3 is 0 Å². The third-order valence-corrected chi connectivity index (χ3v) is 11.8. The van der Waals surface area contributed by atoms with Crippen molar-refractivity contribution in [2.75, 3.05) is 39.3 Å². The fourth-order valence-electron chi connectivity index (χ4n) is 4.00. The van der Waals surface area contributed by atoms with E-state index in [9.17, 15) is 30.4 Å². The molecule has 0 aliphatic heterocycles. The highest BCUT2D eigenvalue weighted by atomic mass is 32.2. The van der Waals surface area contributed by atoms with Crippen molar-refractivity contribution in [2.45, 2.75) is 41.9 Å². The van der Waals surface area contributed by atoms with Gasteiger partial charge in [0.2, 0.25) is 30.1 Å². The molecular weight excluding hydrogens is 587 g/mol. The van der Waals surface area contributed by atoms with Crippen molar-refractivity contribution in [2.24, 2.45) is 0 Å². The van der Waals surface area contributed by atoms with Crippen LogP contribution in [-0.4, -0.2) is 78.3 Å². The zero-order valence-corrected chi connectivity index (χ0v) is 25.8. The monoisotopic (exact) mass is 623 g/mol. The van der Waals surface area contributed by atoms with E-state index in [-0.39, 0.29) is 60.4 Å². The van der Waals surface area contributed by atoms with E-state index >= 15 is 0 Å². The minimum atomic E-state index is -4.11. The smallest absolute Gasteiger partial charge is 0.243 e. The van der Waals surface area contributed by atoms with E-state index < -0.39 is 30.1 Å². The fourth-order valence-corrected chi connectivity index (χ4v) is 7.92. The summed E-state index contributed by atoms with van der Waals surface area (Å²) >= 11 is 0. The quantitative estimate of drug-likeness (QED) is 0.265. The average molecular weight is 624 g/mol. The van der Waals surface area contributed by atoms with E-state index in [4.69, 9.17) is 0 Å². The number of sulfonamides is 3. The maximum Gasteiger partial charge on any atom is 0.243 e. The Labute approximate surface area is 243 Å². The second-order valence-corrected chi connectivity index (χ2v) is 15.4. The summed E-state index contributed by atoms with van der Waals surface area (Å²) in [6.45, 7) is 4.31. The largest absolute Gasteiger partial charge is 0.396 e. The summed E-state index contributed by atoms with van der Waals surface area (Å²) in [5.41, 5.74) is 2.64. The number of hydrogen-bond acceptors (Lipinski definition) is 7. The molecule has 0 aliphatic rings. The third kappa shape index (κ3) is 8.67. The molecular formula is C28H37N3O7S3. The fraction of sp³-hybridized carbons (Fsp3) is 0.357. The molecule has 13 heteroatoms. The lowest BCUT2D eigenvalue weighted by Crippen LogP contribution is -2.44. The SMILES string of the molecule is Cc1ccc(S(=O)(=O)NCCN(CCN(CCCO)S(=O)(=O)c2ccc(C)cc2)S(=O)(=O)c2ccc(C)cc2)cc1. The molecule has 0 bridgehead atoms. The summed E-state index contributed by atoms with van der Waals surface area (Å²) in [5.74, 6) is 0. The maximum absolute atomic E-state index is 13.6. The van der Waals surface area contributed by atoms with Crippen LogP contribution in [0.15, 0.2) is 87.5 Å². The van der Waals surface area contributed by atoms with E-state index in [1.165, 1.54) is 36.4 Å². The number of benzene rings is 3. The van der Waals surface area contributed by atoms with E-state index in [2.05, 4.69) is 4.72 Å². The number of aliphatic hydroxyl groups excluding tert-OH is 1. The molecule has 3 rings (SSSR count). The summed E-state index contributed by atoms with van der Waals surface area (Å²) in [5, 5.41) is 9.37. The van der Waals surface area contributed by atoms with E-state index in [1.807, 2.05) is 20.8 Å². The molecule has 0 aromatic heterocycles. The lowest BCUT2D eigenvalue weighted by molar-refractivity contribution is 0.264. The van der Waals surface area contributed by atoms with Gasteiger partial charge in [0.1, 0.15) is 0 Å². The first-order chi connectivity index (χ1) is 19.3. The normalized spacial score (nSPS) is 12.7. The second-order valence-electron chi connectivity index (χ2n) is 9.72. The highest BCUT2D eigenvalue weighted by molar-refractivity contribution is 7.90. The van der Waals surface area contributed by atoms with Gasteiger partial charge in [0, 0.05) is 39.3 Å². The average Bonchev–Trinajstić information content (AvgIpc) is 2.92. The molecule has 0 aliphatic carbocycles. The van der Waals surface area contributed by atoms with Crippen molar-refractivity contribution in [3.8, 4) is 0 Å². The Morgan fingerprint density at radius 3 is 1.32 bits per heavy atom. The molecule has 0 saturated heterocycles. The zero-order chi connectivity index (χ0) is 30.3. The van der Waals surface area contributed by atoms with Crippen LogP contribution in [0.25, 0.3) is 0 Å². The molecule has 10 nitrogen and oxygen atoms in total. The van der Waals surface area contributed by atoms with E-state index in [0.717, 1.165) is 25.3 Å². The number of aryl methyl sites for hydroxylation is 3. The summed E-state index contributed by atoms with van der Waals surface area (Å²) in [7, 11) is -12.0. The van der Waals surface area contributed by atoms with Crippen LogP contribution in [-0.2, 0) is 30.1 Å². The first-order valence-corrected chi connectivity index (χ1v) is 17.4. The number of nitrogens with zero attached hydrogens (tertiary/aromatic N) is 2. The summed E-state index contributed by atoms with van der Waals surface area (Å²) < 4.78 is 84.4. The van der Waals surface area contributed by atoms with Crippen LogP contribution in [0.5, 0.6) is 0 Å². The van der Waals surface area contributed by atoms with Gasteiger partial charge in [0.15, 0.2) is 0 Å². The van der Waals surface area contributed by atoms with E-state index in [0.29, 0.717) is 0 Å². The maximum atomic E-state index is 13.6. The molecule has 0 atom stereocenters. The molecule has 41 heavy (non-hydrogen) atoms. The van der Waals surface area contributed by atoms with Crippen LogP contribution in [0.4, 0.5) is 0 Å². The van der Waals surface area contributed by atoms with Gasteiger partial charge in [0.05, 0.1) is 14.7 Å². The Morgan fingerprint density at radius 2 is 0.927 bits per heavy atom. The molecule has 3 aromatic rings. The Kier molecular flexibility index (Phi) is 11.2. The molecule has 224 valence electrons. The van der Waals surface area contributed by atoms with Gasteiger partial charge in [-0.25, -0.2) is 30.0 Å². The Hall–Kier alpha value is -2.65. The Balaban J connectivity index is 1.86. The predicted molar refractivity (Wildman–Crippen MR) is 158 cm³/mol. The van der Waals surface area contributed by atoms with Crippen LogP contribution in [0.3, 0.4) is 0 Å². The minimum absolute atomic E-state index is 0.00721. The minimum Gasteiger partial charge on any atom is -0.396 e. The molecule has 3 aromatic carbocycles. The van der Waals surface area contributed by atoms with Crippen LogP contribution < -0.4 is 4.72 Å². The van der Waals surface area contributed by atoms with Gasteiger partial charge in [-0.15, -0.1) is 0 Å². The summed E-state index contributed by atoms with van der Waals surface area (Å²) in [6, 6.07) is 18.8. The second kappa shape index (κ2) is 14.0. The first kappa shape index (κ1) is 32.9. The van der Waals surface area contributed by atoms with Gasteiger partial charge < -0.3 is 5.11 Å². The topological polar surface area (TPSA) is 141 Å². The molecule has 2 N–H and O–H groups in total.